The first-order valence-corrected chi connectivity index (χ1v) is 5.30. The van der Waals surface area contributed by atoms with Crippen LogP contribution in [-0.2, 0) is 14.3 Å². The zero-order valence-corrected chi connectivity index (χ0v) is 9.98. The fraction of sp³-hybridized carbons (Fsp3) is 0.500. The van der Waals surface area contributed by atoms with Gasteiger partial charge in [0.05, 0.1) is 6.61 Å². The van der Waals surface area contributed by atoms with Gasteiger partial charge >= 0.3 is 5.97 Å². The van der Waals surface area contributed by atoms with E-state index >= 15 is 0 Å². The highest BCUT2D eigenvalue weighted by Gasteiger charge is 2.21. The Bertz CT molecular complexity index is 320. The number of esters is 1. The third kappa shape index (κ3) is 5.97. The van der Waals surface area contributed by atoms with Gasteiger partial charge in [0.1, 0.15) is 12.2 Å². The van der Waals surface area contributed by atoms with Crippen LogP contribution in [0.15, 0.2) is 24.1 Å². The Kier molecular flexibility index (Phi) is 7.88. The normalized spacial score (nSPS) is 17.6. The number of hydrogen-bond acceptors (Lipinski definition) is 4. The lowest BCUT2D eigenvalue weighted by atomic mass is 9.94. The van der Waals surface area contributed by atoms with Crippen molar-refractivity contribution in [1.82, 2.24) is 0 Å². The van der Waals surface area contributed by atoms with Crippen molar-refractivity contribution in [1.29, 1.82) is 0 Å². The van der Waals surface area contributed by atoms with Crippen LogP contribution in [0.3, 0.4) is 0 Å². The zero-order chi connectivity index (χ0) is 13.3. The number of aliphatic hydroxyl groups excluding tert-OH is 1. The van der Waals surface area contributed by atoms with Crippen LogP contribution in [0.25, 0.3) is 0 Å². The number of ether oxygens (including phenoxy) is 1. The summed E-state index contributed by atoms with van der Waals surface area (Å²) >= 11 is 0. The van der Waals surface area contributed by atoms with Gasteiger partial charge in [0.25, 0.3) is 0 Å². The Labute approximate surface area is 99.8 Å². The summed E-state index contributed by atoms with van der Waals surface area (Å²) in [7, 11) is 1.00. The number of ketones is 1. The number of allylic oxidation sites excluding steroid dienone is 4. The van der Waals surface area contributed by atoms with E-state index in [4.69, 9.17) is 5.11 Å². The molecule has 96 valence electrons. The van der Waals surface area contributed by atoms with Crippen molar-refractivity contribution in [2.45, 2.75) is 19.8 Å². The fourth-order valence-corrected chi connectivity index (χ4v) is 1.35. The van der Waals surface area contributed by atoms with Crippen LogP contribution in [0.5, 0.6) is 0 Å². The maximum Gasteiger partial charge on any atom is 0.313 e. The lowest BCUT2D eigenvalue weighted by molar-refractivity contribution is -0.146. The summed E-state index contributed by atoms with van der Waals surface area (Å²) in [6, 6.07) is 0. The first kappa shape index (κ1) is 15.5. The molecule has 5 heteroatoms. The topological polar surface area (TPSA) is 63.6 Å². The molecule has 4 nitrogen and oxygen atoms in total. The number of Topliss-reactive ketones (excluding diaryl/α,β-unsaturated/α-hetero) is 1. The van der Waals surface area contributed by atoms with Gasteiger partial charge in [0, 0.05) is 13.0 Å². The minimum Gasteiger partial charge on any atom is -0.466 e. The lowest BCUT2D eigenvalue weighted by Crippen LogP contribution is -2.19. The lowest BCUT2D eigenvalue weighted by Gasteiger charge is -2.11. The summed E-state index contributed by atoms with van der Waals surface area (Å²) in [5.74, 6) is -1.80. The molecule has 0 saturated carbocycles. The SMILES string of the molecule is CCOC(=O)CC(=O)C1C=C(F)C=CC1.CO. The molecule has 0 saturated heterocycles. The zero-order valence-electron chi connectivity index (χ0n) is 9.98. The van der Waals surface area contributed by atoms with Gasteiger partial charge in [-0.1, -0.05) is 6.08 Å². The largest absolute Gasteiger partial charge is 0.466 e. The number of carbonyl (C=O) groups excluding carboxylic acids is 2. The quantitative estimate of drug-likeness (QED) is 0.602. The highest BCUT2D eigenvalue weighted by atomic mass is 19.1. The van der Waals surface area contributed by atoms with E-state index < -0.39 is 17.7 Å². The molecule has 0 heterocycles. The van der Waals surface area contributed by atoms with Gasteiger partial charge in [-0.2, -0.15) is 0 Å². The molecule has 1 atom stereocenters. The van der Waals surface area contributed by atoms with E-state index in [-0.39, 0.29) is 18.8 Å². The molecule has 1 aliphatic rings. The molecular weight excluding hydrogens is 227 g/mol. The molecule has 0 amide bonds. The van der Waals surface area contributed by atoms with Crippen molar-refractivity contribution in [3.8, 4) is 0 Å². The Morgan fingerprint density at radius 3 is 2.71 bits per heavy atom. The van der Waals surface area contributed by atoms with Crippen LogP contribution in [0.1, 0.15) is 19.8 Å². The molecule has 0 spiro atoms. The average molecular weight is 244 g/mol. The number of rotatable bonds is 4. The van der Waals surface area contributed by atoms with Gasteiger partial charge in [0.2, 0.25) is 0 Å². The summed E-state index contributed by atoms with van der Waals surface area (Å²) in [5, 5.41) is 7.00. The number of carbonyl (C=O) groups is 2. The van der Waals surface area contributed by atoms with E-state index in [2.05, 4.69) is 4.74 Å². The minimum atomic E-state index is -0.550. The summed E-state index contributed by atoms with van der Waals surface area (Å²) in [6.45, 7) is 1.92. The Balaban J connectivity index is 0.00000121. The average Bonchev–Trinajstić information content (AvgIpc) is 2.32. The highest BCUT2D eigenvalue weighted by molar-refractivity contribution is 5.97. The molecule has 0 aliphatic heterocycles. The van der Waals surface area contributed by atoms with Crippen LogP contribution in [-0.4, -0.2) is 30.6 Å². The molecule has 1 aliphatic carbocycles. The third-order valence-electron chi connectivity index (χ3n) is 2.06. The molecule has 1 N–H and O–H groups in total. The second-order valence-electron chi connectivity index (χ2n) is 3.24. The van der Waals surface area contributed by atoms with E-state index in [0.29, 0.717) is 6.42 Å². The van der Waals surface area contributed by atoms with Gasteiger partial charge in [0.15, 0.2) is 5.78 Å². The predicted molar refractivity (Wildman–Crippen MR) is 60.8 cm³/mol. The van der Waals surface area contributed by atoms with Crippen molar-refractivity contribution in [3.63, 3.8) is 0 Å². The second-order valence-corrected chi connectivity index (χ2v) is 3.24. The maximum atomic E-state index is 12.8. The Morgan fingerprint density at radius 2 is 2.18 bits per heavy atom. The van der Waals surface area contributed by atoms with Crippen molar-refractivity contribution in [2.75, 3.05) is 13.7 Å². The summed E-state index contributed by atoms with van der Waals surface area (Å²) in [4.78, 5) is 22.5. The maximum absolute atomic E-state index is 12.8. The number of halogens is 1. The van der Waals surface area contributed by atoms with E-state index in [1.165, 1.54) is 12.2 Å². The van der Waals surface area contributed by atoms with Crippen LogP contribution in [0, 0.1) is 5.92 Å². The molecule has 0 fully saturated rings. The van der Waals surface area contributed by atoms with Gasteiger partial charge in [-0.15, -0.1) is 0 Å². The fourth-order valence-electron chi connectivity index (χ4n) is 1.35. The molecule has 0 radical (unpaired) electrons. The van der Waals surface area contributed by atoms with Gasteiger partial charge < -0.3 is 9.84 Å². The van der Waals surface area contributed by atoms with Crippen molar-refractivity contribution in [3.05, 3.63) is 24.1 Å². The van der Waals surface area contributed by atoms with E-state index in [0.717, 1.165) is 7.11 Å². The summed E-state index contributed by atoms with van der Waals surface area (Å²) in [5.41, 5.74) is 0. The number of aliphatic hydroxyl groups is 1. The van der Waals surface area contributed by atoms with Gasteiger partial charge in [-0.05, 0) is 25.5 Å². The van der Waals surface area contributed by atoms with Gasteiger partial charge in [-0.3, -0.25) is 9.59 Å². The molecule has 0 aromatic carbocycles. The van der Waals surface area contributed by atoms with E-state index in [1.54, 1.807) is 13.0 Å². The Hall–Kier alpha value is -1.49. The van der Waals surface area contributed by atoms with Crippen LogP contribution in [0.2, 0.25) is 0 Å². The molecule has 1 rings (SSSR count). The van der Waals surface area contributed by atoms with Gasteiger partial charge in [-0.25, -0.2) is 4.39 Å². The monoisotopic (exact) mass is 244 g/mol. The first-order valence-electron chi connectivity index (χ1n) is 5.30. The predicted octanol–water partition coefficient (Wildman–Crippen LogP) is 1.55. The summed E-state index contributed by atoms with van der Waals surface area (Å²) in [6.07, 6.45) is 4.31. The molecule has 0 bridgehead atoms. The Morgan fingerprint density at radius 1 is 1.53 bits per heavy atom. The standard InChI is InChI=1S/C11H13FO3.CH4O/c1-2-15-11(14)7-10(13)8-4-3-5-9(12)6-8;1-2/h3,5-6,8H,2,4,7H2,1H3;2H,1H3. The van der Waals surface area contributed by atoms with Crippen molar-refractivity contribution in [2.24, 2.45) is 5.92 Å². The van der Waals surface area contributed by atoms with Crippen molar-refractivity contribution >= 4 is 11.8 Å². The second kappa shape index (κ2) is 8.64. The van der Waals surface area contributed by atoms with E-state index in [1.807, 2.05) is 0 Å². The van der Waals surface area contributed by atoms with Crippen LogP contribution < -0.4 is 0 Å². The van der Waals surface area contributed by atoms with Crippen LogP contribution >= 0.6 is 0 Å². The van der Waals surface area contributed by atoms with E-state index in [9.17, 15) is 14.0 Å². The minimum absolute atomic E-state index is 0.251. The molecule has 0 aromatic heterocycles. The molecule has 1 unspecified atom stereocenters. The van der Waals surface area contributed by atoms with Crippen molar-refractivity contribution < 1.29 is 23.8 Å². The molecular formula is C12H17FO4. The highest BCUT2D eigenvalue weighted by Crippen LogP contribution is 2.19. The first-order chi connectivity index (χ1) is 8.13. The smallest absolute Gasteiger partial charge is 0.313 e. The summed E-state index contributed by atoms with van der Waals surface area (Å²) < 4.78 is 17.4. The molecule has 17 heavy (non-hydrogen) atoms. The molecule has 0 aromatic rings. The number of hydrogen-bond donors (Lipinski definition) is 1. The third-order valence-corrected chi connectivity index (χ3v) is 2.06. The van der Waals surface area contributed by atoms with Crippen LogP contribution in [0.4, 0.5) is 4.39 Å².